The Labute approximate surface area is 152 Å². The van der Waals surface area contributed by atoms with Crippen LogP contribution in [0, 0.1) is 0 Å². The zero-order valence-electron chi connectivity index (χ0n) is 13.2. The standard InChI is InChI=1S/C16H20Cl2N2O3S/c17-12-5-6-14(15(18)11-12)16(21)19-7-9-20(10-8-19)24(22,23)13-3-1-2-4-13/h5-6,11,13H,1-4,7-10H2. The Hall–Kier alpha value is -0.820. The molecule has 0 spiro atoms. The minimum absolute atomic E-state index is 0.186. The van der Waals surface area contributed by atoms with E-state index < -0.39 is 10.0 Å². The summed E-state index contributed by atoms with van der Waals surface area (Å²) in [5.41, 5.74) is 0.396. The number of halogens is 2. The third kappa shape index (κ3) is 3.57. The van der Waals surface area contributed by atoms with Gasteiger partial charge in [0.15, 0.2) is 0 Å². The highest BCUT2D eigenvalue weighted by molar-refractivity contribution is 7.89. The van der Waals surface area contributed by atoms with E-state index in [0.29, 0.717) is 41.8 Å². The maximum atomic E-state index is 12.6. The van der Waals surface area contributed by atoms with Crippen LogP contribution in [0.1, 0.15) is 36.0 Å². The zero-order valence-corrected chi connectivity index (χ0v) is 15.6. The van der Waals surface area contributed by atoms with Crippen molar-refractivity contribution in [3.05, 3.63) is 33.8 Å². The molecule has 1 aromatic rings. The second kappa shape index (κ2) is 7.20. The van der Waals surface area contributed by atoms with Crippen LogP contribution in [0.2, 0.25) is 10.0 Å². The lowest BCUT2D eigenvalue weighted by atomic mass is 10.2. The monoisotopic (exact) mass is 390 g/mol. The molecule has 1 aliphatic carbocycles. The number of nitrogens with zero attached hydrogens (tertiary/aromatic N) is 2. The smallest absolute Gasteiger partial charge is 0.255 e. The largest absolute Gasteiger partial charge is 0.336 e. The minimum atomic E-state index is -3.24. The van der Waals surface area contributed by atoms with Crippen molar-refractivity contribution >= 4 is 39.1 Å². The van der Waals surface area contributed by atoms with Crippen LogP contribution in [0.5, 0.6) is 0 Å². The summed E-state index contributed by atoms with van der Waals surface area (Å²) in [4.78, 5) is 14.2. The first kappa shape index (κ1) is 18.0. The molecule has 8 heteroatoms. The Morgan fingerprint density at radius 3 is 2.25 bits per heavy atom. The molecule has 1 heterocycles. The van der Waals surface area contributed by atoms with Crippen LogP contribution >= 0.6 is 23.2 Å². The SMILES string of the molecule is O=C(c1ccc(Cl)cc1Cl)N1CCN(S(=O)(=O)C2CCCC2)CC1. The quantitative estimate of drug-likeness (QED) is 0.796. The Balaban J connectivity index is 1.65. The number of rotatable bonds is 3. The molecule has 1 aliphatic heterocycles. The van der Waals surface area contributed by atoms with Gasteiger partial charge in [0.2, 0.25) is 10.0 Å². The molecule has 1 amide bonds. The summed E-state index contributed by atoms with van der Waals surface area (Å²) in [6, 6.07) is 4.77. The molecule has 24 heavy (non-hydrogen) atoms. The number of carbonyl (C=O) groups is 1. The Morgan fingerprint density at radius 1 is 1.04 bits per heavy atom. The predicted molar refractivity (Wildman–Crippen MR) is 95.1 cm³/mol. The van der Waals surface area contributed by atoms with E-state index in [1.54, 1.807) is 17.0 Å². The summed E-state index contributed by atoms with van der Waals surface area (Å²) in [5, 5.41) is 0.544. The van der Waals surface area contributed by atoms with Gasteiger partial charge in [0, 0.05) is 31.2 Å². The molecule has 3 rings (SSSR count). The van der Waals surface area contributed by atoms with Crippen LogP contribution in [-0.4, -0.2) is 55.0 Å². The average Bonchev–Trinajstić information content (AvgIpc) is 3.10. The predicted octanol–water partition coefficient (Wildman–Crippen LogP) is 3.02. The summed E-state index contributed by atoms with van der Waals surface area (Å²) in [5.74, 6) is -0.186. The second-order valence-electron chi connectivity index (χ2n) is 6.27. The fraction of sp³-hybridized carbons (Fsp3) is 0.562. The summed E-state index contributed by atoms with van der Waals surface area (Å²) in [7, 11) is -3.24. The Morgan fingerprint density at radius 2 is 1.67 bits per heavy atom. The number of amides is 1. The van der Waals surface area contributed by atoms with Crippen LogP contribution in [-0.2, 0) is 10.0 Å². The summed E-state index contributed by atoms with van der Waals surface area (Å²) in [6.07, 6.45) is 3.47. The van der Waals surface area contributed by atoms with Gasteiger partial charge >= 0.3 is 0 Å². The van der Waals surface area contributed by atoms with Crippen molar-refractivity contribution in [2.45, 2.75) is 30.9 Å². The van der Waals surface area contributed by atoms with Gasteiger partial charge in [-0.1, -0.05) is 36.0 Å². The number of hydrogen-bond donors (Lipinski definition) is 0. The van der Waals surface area contributed by atoms with Gasteiger partial charge in [0.05, 0.1) is 15.8 Å². The Bertz CT molecular complexity index is 725. The molecule has 0 atom stereocenters. The van der Waals surface area contributed by atoms with Crippen molar-refractivity contribution in [1.29, 1.82) is 0 Å². The van der Waals surface area contributed by atoms with E-state index in [-0.39, 0.29) is 11.2 Å². The third-order valence-electron chi connectivity index (χ3n) is 4.77. The maximum Gasteiger partial charge on any atom is 0.255 e. The minimum Gasteiger partial charge on any atom is -0.336 e. The van der Waals surface area contributed by atoms with Crippen LogP contribution < -0.4 is 0 Å². The number of piperazine rings is 1. The molecule has 0 bridgehead atoms. The molecule has 0 N–H and O–H groups in total. The van der Waals surface area contributed by atoms with Crippen molar-refractivity contribution in [2.24, 2.45) is 0 Å². The average molecular weight is 391 g/mol. The lowest BCUT2D eigenvalue weighted by molar-refractivity contribution is 0.0697. The van der Waals surface area contributed by atoms with Crippen molar-refractivity contribution in [3.63, 3.8) is 0 Å². The van der Waals surface area contributed by atoms with Gasteiger partial charge in [-0.05, 0) is 31.0 Å². The molecule has 0 radical (unpaired) electrons. The van der Waals surface area contributed by atoms with Gasteiger partial charge in [-0.3, -0.25) is 4.79 Å². The second-order valence-corrected chi connectivity index (χ2v) is 9.32. The molecule has 2 fully saturated rings. The van der Waals surface area contributed by atoms with Crippen molar-refractivity contribution in [3.8, 4) is 0 Å². The third-order valence-corrected chi connectivity index (χ3v) is 7.72. The zero-order chi connectivity index (χ0) is 17.3. The van der Waals surface area contributed by atoms with Gasteiger partial charge in [-0.2, -0.15) is 4.31 Å². The summed E-state index contributed by atoms with van der Waals surface area (Å²) < 4.78 is 26.8. The fourth-order valence-corrected chi connectivity index (χ4v) is 5.89. The van der Waals surface area contributed by atoms with E-state index in [4.69, 9.17) is 23.2 Å². The van der Waals surface area contributed by atoms with Crippen molar-refractivity contribution < 1.29 is 13.2 Å². The van der Waals surface area contributed by atoms with Gasteiger partial charge in [-0.15, -0.1) is 0 Å². The first-order valence-electron chi connectivity index (χ1n) is 8.13. The summed E-state index contributed by atoms with van der Waals surface area (Å²) >= 11 is 11.9. The van der Waals surface area contributed by atoms with Gasteiger partial charge in [-0.25, -0.2) is 8.42 Å². The number of benzene rings is 1. The molecule has 132 valence electrons. The van der Waals surface area contributed by atoms with Crippen LogP contribution in [0.25, 0.3) is 0 Å². The normalized spacial score (nSPS) is 20.5. The number of carbonyl (C=O) groups excluding carboxylic acids is 1. The number of sulfonamides is 1. The first-order chi connectivity index (χ1) is 11.4. The molecular weight excluding hydrogens is 371 g/mol. The van der Waals surface area contributed by atoms with Gasteiger partial charge in [0.1, 0.15) is 0 Å². The molecule has 5 nitrogen and oxygen atoms in total. The molecular formula is C16H20Cl2N2O3S. The van der Waals surface area contributed by atoms with E-state index in [1.807, 2.05) is 0 Å². The van der Waals surface area contributed by atoms with E-state index in [2.05, 4.69) is 0 Å². The maximum absolute atomic E-state index is 12.6. The van der Waals surface area contributed by atoms with Crippen LogP contribution in [0.4, 0.5) is 0 Å². The summed E-state index contributed by atoms with van der Waals surface area (Å²) in [6.45, 7) is 1.44. The van der Waals surface area contributed by atoms with Gasteiger partial charge in [0.25, 0.3) is 5.91 Å². The molecule has 1 saturated carbocycles. The fourth-order valence-electron chi connectivity index (χ4n) is 3.38. The van der Waals surface area contributed by atoms with Crippen molar-refractivity contribution in [2.75, 3.05) is 26.2 Å². The van der Waals surface area contributed by atoms with E-state index in [0.717, 1.165) is 25.7 Å². The topological polar surface area (TPSA) is 57.7 Å². The Kier molecular flexibility index (Phi) is 5.39. The van der Waals surface area contributed by atoms with Crippen LogP contribution in [0.3, 0.4) is 0 Å². The first-order valence-corrected chi connectivity index (χ1v) is 10.4. The van der Waals surface area contributed by atoms with E-state index in [1.165, 1.54) is 10.4 Å². The highest BCUT2D eigenvalue weighted by Gasteiger charge is 2.36. The molecule has 1 aromatic carbocycles. The van der Waals surface area contributed by atoms with E-state index >= 15 is 0 Å². The molecule has 0 aromatic heterocycles. The van der Waals surface area contributed by atoms with Crippen molar-refractivity contribution in [1.82, 2.24) is 9.21 Å². The molecule has 1 saturated heterocycles. The highest BCUT2D eigenvalue weighted by Crippen LogP contribution is 2.28. The molecule has 0 unspecified atom stereocenters. The van der Waals surface area contributed by atoms with Gasteiger partial charge < -0.3 is 4.90 Å². The van der Waals surface area contributed by atoms with E-state index in [9.17, 15) is 13.2 Å². The number of hydrogen-bond acceptors (Lipinski definition) is 3. The lowest BCUT2D eigenvalue weighted by Gasteiger charge is -2.35. The highest BCUT2D eigenvalue weighted by atomic mass is 35.5. The van der Waals surface area contributed by atoms with Crippen LogP contribution in [0.15, 0.2) is 18.2 Å². The lowest BCUT2D eigenvalue weighted by Crippen LogP contribution is -2.52. The molecule has 2 aliphatic rings.